The predicted octanol–water partition coefficient (Wildman–Crippen LogP) is 19.2. The molecule has 0 spiro atoms. The molecule has 0 aliphatic carbocycles. The summed E-state index contributed by atoms with van der Waals surface area (Å²) in [5.74, 6) is -0.191. The van der Waals surface area contributed by atoms with E-state index in [1.165, 1.54) is 199 Å². The predicted molar refractivity (Wildman–Crippen MR) is 359 cm³/mol. The van der Waals surface area contributed by atoms with E-state index >= 15 is 0 Å². The van der Waals surface area contributed by atoms with Crippen LogP contribution >= 0.6 is 0 Å². The van der Waals surface area contributed by atoms with Crippen molar-refractivity contribution in [2.24, 2.45) is 0 Å². The third-order valence-corrected chi connectivity index (χ3v) is 16.1. The van der Waals surface area contributed by atoms with Crippen molar-refractivity contribution in [3.8, 4) is 0 Å². The van der Waals surface area contributed by atoms with Gasteiger partial charge in [-0.1, -0.05) is 309 Å². The monoisotopic (exact) mass is 1170 g/mol. The lowest BCUT2D eigenvalue weighted by molar-refractivity contribution is -0.302. The van der Waals surface area contributed by atoms with Gasteiger partial charge in [-0.3, -0.25) is 4.79 Å². The van der Waals surface area contributed by atoms with Crippen LogP contribution < -0.4 is 5.32 Å². The molecule has 0 radical (unpaired) electrons. The van der Waals surface area contributed by atoms with Gasteiger partial charge in [-0.05, 0) is 96.3 Å². The van der Waals surface area contributed by atoms with Gasteiger partial charge in [0.15, 0.2) is 6.29 Å². The summed E-state index contributed by atoms with van der Waals surface area (Å²) in [7, 11) is 0. The van der Waals surface area contributed by atoms with E-state index in [2.05, 4.69) is 116 Å². The van der Waals surface area contributed by atoms with Gasteiger partial charge in [-0.15, -0.1) is 0 Å². The number of amides is 1. The number of hydrogen-bond acceptors (Lipinski definition) is 8. The molecule has 9 nitrogen and oxygen atoms in total. The van der Waals surface area contributed by atoms with Crippen LogP contribution in [0.2, 0.25) is 0 Å². The number of aliphatic hydroxyl groups is 5. The van der Waals surface area contributed by atoms with E-state index in [9.17, 15) is 30.3 Å². The fourth-order valence-corrected chi connectivity index (χ4v) is 10.6. The topological polar surface area (TPSA) is 149 Å². The van der Waals surface area contributed by atoms with Crippen LogP contribution in [0.1, 0.15) is 303 Å². The second-order valence-electron chi connectivity index (χ2n) is 23.9. The molecule has 0 aromatic heterocycles. The summed E-state index contributed by atoms with van der Waals surface area (Å²) in [5, 5.41) is 54.7. The van der Waals surface area contributed by atoms with Crippen molar-refractivity contribution in [3.63, 3.8) is 0 Å². The van der Waals surface area contributed by atoms with E-state index in [1.54, 1.807) is 6.08 Å². The first kappa shape index (κ1) is 78.9. The van der Waals surface area contributed by atoms with Crippen LogP contribution in [0.15, 0.2) is 109 Å². The molecule has 1 fully saturated rings. The minimum atomic E-state index is -1.58. The van der Waals surface area contributed by atoms with Crippen LogP contribution in [0.3, 0.4) is 0 Å². The van der Waals surface area contributed by atoms with Crippen LogP contribution in [-0.4, -0.2) is 87.5 Å². The Balaban J connectivity index is 2.16. The summed E-state index contributed by atoms with van der Waals surface area (Å²) < 4.78 is 11.3. The smallest absolute Gasteiger partial charge is 0.220 e. The second-order valence-corrected chi connectivity index (χ2v) is 23.9. The quantitative estimate of drug-likeness (QED) is 0.0261. The molecule has 1 aliphatic rings. The fourth-order valence-electron chi connectivity index (χ4n) is 10.6. The minimum absolute atomic E-state index is 0.191. The maximum atomic E-state index is 13.1. The molecule has 0 bridgehead atoms. The summed E-state index contributed by atoms with van der Waals surface area (Å²) in [6.07, 6.45) is 86.2. The Kier molecular flexibility index (Phi) is 59.0. The van der Waals surface area contributed by atoms with Crippen molar-refractivity contribution in [1.29, 1.82) is 0 Å². The highest BCUT2D eigenvalue weighted by Gasteiger charge is 2.44. The Hall–Kier alpha value is -3.15. The van der Waals surface area contributed by atoms with Gasteiger partial charge in [0.05, 0.1) is 25.4 Å². The first-order chi connectivity index (χ1) is 41.3. The molecular weight excluding hydrogens is 1040 g/mol. The van der Waals surface area contributed by atoms with Crippen molar-refractivity contribution in [2.75, 3.05) is 13.2 Å². The van der Waals surface area contributed by atoms with Crippen LogP contribution in [0, 0.1) is 0 Å². The third kappa shape index (κ3) is 50.9. The summed E-state index contributed by atoms with van der Waals surface area (Å²) >= 11 is 0. The van der Waals surface area contributed by atoms with E-state index in [-0.39, 0.29) is 12.5 Å². The third-order valence-electron chi connectivity index (χ3n) is 16.1. The van der Waals surface area contributed by atoms with Crippen LogP contribution in [0.25, 0.3) is 0 Å². The summed E-state index contributed by atoms with van der Waals surface area (Å²) in [5.41, 5.74) is 0. The molecule has 7 atom stereocenters. The van der Waals surface area contributed by atoms with Crippen molar-refractivity contribution in [1.82, 2.24) is 5.32 Å². The minimum Gasteiger partial charge on any atom is -0.394 e. The molecule has 1 heterocycles. The molecule has 84 heavy (non-hydrogen) atoms. The number of rotatable bonds is 60. The average Bonchev–Trinajstić information content (AvgIpc) is 3.70. The zero-order valence-electron chi connectivity index (χ0n) is 54.1. The molecule has 0 aromatic carbocycles. The van der Waals surface area contributed by atoms with Gasteiger partial charge in [0, 0.05) is 6.42 Å². The number of unbranched alkanes of at least 4 members (excludes halogenated alkanes) is 34. The SMILES string of the molecule is CC/C=C\C/C=C\C/C=C\C/C=C\C/C=C\C/C=C\CCCCCCCCCCCCCCCCCCC(=O)NC(COC1OC(CO)C(O)C(O)C1O)C(O)/C=C/CC/C=C/CC/C=C/CCCCCCCCCCCCCCCCCC. The number of aliphatic hydroxyl groups excluding tert-OH is 5. The van der Waals surface area contributed by atoms with Crippen LogP contribution in [0.5, 0.6) is 0 Å². The molecule has 1 amide bonds. The summed E-state index contributed by atoms with van der Waals surface area (Å²) in [4.78, 5) is 13.1. The fraction of sp³-hybridized carbons (Fsp3) is 0.747. The largest absolute Gasteiger partial charge is 0.394 e. The standard InChI is InChI=1S/C75H131NO8/c1-3-5-7-9-11-13-15-17-19-21-23-25-27-29-31-32-33-34-35-36-37-38-39-41-43-45-47-49-51-53-55-57-59-61-63-65-71(79)76-68(67-83-75-74(82)73(81)72(80)70(66-77)84-75)69(78)64-62-60-58-56-54-52-50-48-46-44-42-40-30-28-26-24-22-20-18-16-14-12-10-8-6-4-2/h5,7,11,13,17,19,23,25,29,31,33-34,46,48,54,56,62,64,68-70,72-75,77-78,80-82H,3-4,6,8-10,12,14-16,18,20-22,24,26-28,30,32,35-45,47,49-53,55,57-61,63,65-67H2,1-2H3,(H,76,79)/b7-5-,13-11-,19-17-,25-23-,31-29-,34-33-,48-46+,56-54+,64-62+. The molecule has 6 N–H and O–H groups in total. The maximum Gasteiger partial charge on any atom is 0.220 e. The lowest BCUT2D eigenvalue weighted by atomic mass is 9.99. The Bertz CT molecular complexity index is 1690. The molecule has 1 aliphatic heterocycles. The lowest BCUT2D eigenvalue weighted by Crippen LogP contribution is -2.60. The van der Waals surface area contributed by atoms with Crippen molar-refractivity contribution < 1.29 is 39.8 Å². The number of carbonyl (C=O) groups is 1. The van der Waals surface area contributed by atoms with Crippen LogP contribution in [0.4, 0.5) is 0 Å². The van der Waals surface area contributed by atoms with Crippen molar-refractivity contribution >= 4 is 5.91 Å². The number of ether oxygens (including phenoxy) is 2. The Labute approximate surface area is 516 Å². The Morgan fingerprint density at radius 3 is 1.14 bits per heavy atom. The Morgan fingerprint density at radius 2 is 0.750 bits per heavy atom. The highest BCUT2D eigenvalue weighted by Crippen LogP contribution is 2.23. The number of carbonyl (C=O) groups excluding carboxylic acids is 1. The molecule has 484 valence electrons. The number of nitrogens with one attached hydrogen (secondary N) is 1. The van der Waals surface area contributed by atoms with Crippen molar-refractivity contribution in [3.05, 3.63) is 109 Å². The average molecular weight is 1170 g/mol. The van der Waals surface area contributed by atoms with Crippen LogP contribution in [-0.2, 0) is 14.3 Å². The molecule has 0 saturated carbocycles. The maximum absolute atomic E-state index is 13.1. The van der Waals surface area contributed by atoms with Gasteiger partial charge in [0.2, 0.25) is 5.91 Å². The summed E-state index contributed by atoms with van der Waals surface area (Å²) in [6, 6.07) is -0.835. The normalized spacial score (nSPS) is 18.9. The van der Waals surface area contributed by atoms with E-state index in [0.29, 0.717) is 6.42 Å². The van der Waals surface area contributed by atoms with Gasteiger partial charge in [0.1, 0.15) is 24.4 Å². The van der Waals surface area contributed by atoms with Gasteiger partial charge >= 0.3 is 0 Å². The van der Waals surface area contributed by atoms with Crippen molar-refractivity contribution in [2.45, 2.75) is 346 Å². The number of hydrogen-bond donors (Lipinski definition) is 6. The van der Waals surface area contributed by atoms with Gasteiger partial charge < -0.3 is 40.3 Å². The second kappa shape index (κ2) is 62.9. The highest BCUT2D eigenvalue weighted by atomic mass is 16.7. The first-order valence-electron chi connectivity index (χ1n) is 35.1. The number of allylic oxidation sites excluding steroid dienone is 17. The lowest BCUT2D eigenvalue weighted by Gasteiger charge is -2.40. The molecule has 1 saturated heterocycles. The van der Waals surface area contributed by atoms with E-state index < -0.39 is 49.5 Å². The van der Waals surface area contributed by atoms with Gasteiger partial charge in [-0.2, -0.15) is 0 Å². The summed E-state index contributed by atoms with van der Waals surface area (Å²) in [6.45, 7) is 3.67. The molecule has 0 aromatic rings. The van der Waals surface area contributed by atoms with Gasteiger partial charge in [0.25, 0.3) is 0 Å². The first-order valence-corrected chi connectivity index (χ1v) is 35.1. The zero-order valence-corrected chi connectivity index (χ0v) is 54.1. The highest BCUT2D eigenvalue weighted by molar-refractivity contribution is 5.76. The molecule has 9 heteroatoms. The molecule has 7 unspecified atom stereocenters. The van der Waals surface area contributed by atoms with E-state index in [1.807, 2.05) is 6.08 Å². The van der Waals surface area contributed by atoms with E-state index in [0.717, 1.165) is 83.5 Å². The van der Waals surface area contributed by atoms with E-state index in [4.69, 9.17) is 9.47 Å². The molecular formula is C75H131NO8. The van der Waals surface area contributed by atoms with Gasteiger partial charge in [-0.25, -0.2) is 0 Å². The molecule has 1 rings (SSSR count). The zero-order chi connectivity index (χ0) is 60.7. The Morgan fingerprint density at radius 1 is 0.417 bits per heavy atom.